The lowest BCUT2D eigenvalue weighted by atomic mass is 10.1. The summed E-state index contributed by atoms with van der Waals surface area (Å²) < 4.78 is 22.1. The van der Waals surface area contributed by atoms with Gasteiger partial charge in [-0.25, -0.2) is 8.42 Å². The largest absolute Gasteiger partial charge is 0.506 e. The molecule has 15 heavy (non-hydrogen) atoms. The van der Waals surface area contributed by atoms with Crippen molar-refractivity contribution < 1.29 is 13.5 Å². The standard InChI is InChI=1S/C9H8ClNO3S/c1-2-6-3-8(15(10,13)14)4-7(5-11)9(6)12/h3-4,12H,2H2,1H3. The van der Waals surface area contributed by atoms with Crippen molar-refractivity contribution in [2.45, 2.75) is 18.2 Å². The van der Waals surface area contributed by atoms with Crippen LogP contribution in [0.25, 0.3) is 0 Å². The molecule has 1 aromatic carbocycles. The molecule has 0 fully saturated rings. The Bertz CT molecular complexity index is 531. The Morgan fingerprint density at radius 1 is 1.53 bits per heavy atom. The Labute approximate surface area is 92.1 Å². The third-order valence-corrected chi connectivity index (χ3v) is 3.28. The molecule has 1 aromatic rings. The molecule has 0 radical (unpaired) electrons. The normalized spacial score (nSPS) is 11.0. The number of aromatic hydroxyl groups is 1. The van der Waals surface area contributed by atoms with E-state index in [4.69, 9.17) is 15.9 Å². The Morgan fingerprint density at radius 2 is 2.13 bits per heavy atom. The smallest absolute Gasteiger partial charge is 0.261 e. The summed E-state index contributed by atoms with van der Waals surface area (Å²) >= 11 is 0. The number of hydrogen-bond acceptors (Lipinski definition) is 4. The molecule has 0 aliphatic carbocycles. The van der Waals surface area contributed by atoms with Crippen molar-refractivity contribution in [2.24, 2.45) is 0 Å². The number of phenolic OH excluding ortho intramolecular Hbond substituents is 1. The Kier molecular flexibility index (Phi) is 3.22. The van der Waals surface area contributed by atoms with E-state index in [1.165, 1.54) is 6.07 Å². The summed E-state index contributed by atoms with van der Waals surface area (Å²) in [6.07, 6.45) is 0.417. The van der Waals surface area contributed by atoms with Gasteiger partial charge in [0, 0.05) is 10.7 Å². The minimum Gasteiger partial charge on any atom is -0.506 e. The molecule has 0 amide bonds. The molecule has 0 aliphatic heterocycles. The topological polar surface area (TPSA) is 78.2 Å². The quantitative estimate of drug-likeness (QED) is 0.806. The number of hydrogen-bond donors (Lipinski definition) is 1. The van der Waals surface area contributed by atoms with Crippen molar-refractivity contribution in [3.63, 3.8) is 0 Å². The van der Waals surface area contributed by atoms with Crippen LogP contribution in [-0.4, -0.2) is 13.5 Å². The van der Waals surface area contributed by atoms with Gasteiger partial charge in [0.25, 0.3) is 9.05 Å². The summed E-state index contributed by atoms with van der Waals surface area (Å²) in [4.78, 5) is -0.171. The average molecular weight is 246 g/mol. The zero-order chi connectivity index (χ0) is 11.6. The minimum atomic E-state index is -3.87. The van der Waals surface area contributed by atoms with Crippen LogP contribution in [0.2, 0.25) is 0 Å². The van der Waals surface area contributed by atoms with Gasteiger partial charge < -0.3 is 5.11 Å². The van der Waals surface area contributed by atoms with E-state index in [1.54, 1.807) is 13.0 Å². The summed E-state index contributed by atoms with van der Waals surface area (Å²) in [6, 6.07) is 4.02. The highest BCUT2D eigenvalue weighted by molar-refractivity contribution is 8.13. The van der Waals surface area contributed by atoms with Crippen molar-refractivity contribution in [1.82, 2.24) is 0 Å². The molecule has 80 valence electrons. The van der Waals surface area contributed by atoms with Crippen molar-refractivity contribution in [3.05, 3.63) is 23.3 Å². The molecule has 0 saturated heterocycles. The van der Waals surface area contributed by atoms with E-state index in [2.05, 4.69) is 0 Å². The number of nitriles is 1. The number of phenols is 1. The van der Waals surface area contributed by atoms with Crippen molar-refractivity contribution in [3.8, 4) is 11.8 Å². The molecule has 0 saturated carbocycles. The van der Waals surface area contributed by atoms with Crippen molar-refractivity contribution in [1.29, 1.82) is 5.26 Å². The zero-order valence-corrected chi connectivity index (χ0v) is 9.43. The van der Waals surface area contributed by atoms with Crippen LogP contribution in [0.3, 0.4) is 0 Å². The van der Waals surface area contributed by atoms with E-state index in [-0.39, 0.29) is 16.2 Å². The number of rotatable bonds is 2. The van der Waals surface area contributed by atoms with Crippen LogP contribution in [0, 0.1) is 11.3 Å². The maximum atomic E-state index is 11.1. The van der Waals surface area contributed by atoms with Crippen molar-refractivity contribution >= 4 is 19.7 Å². The fourth-order valence-corrected chi connectivity index (χ4v) is 1.97. The lowest BCUT2D eigenvalue weighted by molar-refractivity contribution is 0.466. The maximum Gasteiger partial charge on any atom is 0.261 e. The highest BCUT2D eigenvalue weighted by Gasteiger charge is 2.16. The van der Waals surface area contributed by atoms with Gasteiger partial charge in [-0.3, -0.25) is 0 Å². The monoisotopic (exact) mass is 245 g/mol. The second-order valence-electron chi connectivity index (χ2n) is 2.88. The predicted octanol–water partition coefficient (Wildman–Crippen LogP) is 1.75. The predicted molar refractivity (Wildman–Crippen MR) is 55.2 cm³/mol. The first kappa shape index (κ1) is 11.8. The lowest BCUT2D eigenvalue weighted by Crippen LogP contribution is -1.95. The fourth-order valence-electron chi connectivity index (χ4n) is 1.16. The number of halogens is 1. The van der Waals surface area contributed by atoms with E-state index in [0.717, 1.165) is 6.07 Å². The first-order valence-electron chi connectivity index (χ1n) is 4.10. The Hall–Kier alpha value is -1.25. The van der Waals surface area contributed by atoms with Crippen molar-refractivity contribution in [2.75, 3.05) is 0 Å². The third kappa shape index (κ3) is 2.41. The van der Waals surface area contributed by atoms with Gasteiger partial charge in [0.15, 0.2) is 0 Å². The van der Waals surface area contributed by atoms with Crippen LogP contribution in [0.5, 0.6) is 5.75 Å². The van der Waals surface area contributed by atoms with Gasteiger partial charge in [-0.2, -0.15) is 5.26 Å². The van der Waals surface area contributed by atoms with E-state index >= 15 is 0 Å². The molecular weight excluding hydrogens is 238 g/mol. The molecule has 0 unspecified atom stereocenters. The van der Waals surface area contributed by atoms with Gasteiger partial charge in [0.1, 0.15) is 11.8 Å². The van der Waals surface area contributed by atoms with E-state index in [9.17, 15) is 13.5 Å². The summed E-state index contributed by atoms with van der Waals surface area (Å²) in [5, 5.41) is 18.2. The maximum absolute atomic E-state index is 11.1. The summed E-state index contributed by atoms with van der Waals surface area (Å²) in [5.74, 6) is -0.191. The van der Waals surface area contributed by atoms with Crippen LogP contribution in [-0.2, 0) is 15.5 Å². The molecule has 6 heteroatoms. The number of nitrogens with zero attached hydrogens (tertiary/aromatic N) is 1. The van der Waals surface area contributed by atoms with Crippen LogP contribution >= 0.6 is 10.7 Å². The van der Waals surface area contributed by atoms with Gasteiger partial charge in [-0.05, 0) is 24.1 Å². The van der Waals surface area contributed by atoms with Crippen LogP contribution in [0.15, 0.2) is 17.0 Å². The molecule has 0 aliphatic rings. The van der Waals surface area contributed by atoms with E-state index < -0.39 is 9.05 Å². The van der Waals surface area contributed by atoms with Gasteiger partial charge >= 0.3 is 0 Å². The number of aryl methyl sites for hydroxylation is 1. The number of benzene rings is 1. The van der Waals surface area contributed by atoms with Gasteiger partial charge in [-0.1, -0.05) is 6.92 Å². The van der Waals surface area contributed by atoms with Crippen LogP contribution in [0.4, 0.5) is 0 Å². The van der Waals surface area contributed by atoms with Gasteiger partial charge in [0.05, 0.1) is 10.5 Å². The first-order valence-corrected chi connectivity index (χ1v) is 6.41. The second kappa shape index (κ2) is 4.09. The Morgan fingerprint density at radius 3 is 2.53 bits per heavy atom. The molecule has 0 aromatic heterocycles. The fraction of sp³-hybridized carbons (Fsp3) is 0.222. The zero-order valence-electron chi connectivity index (χ0n) is 7.86. The first-order chi connectivity index (χ1) is 6.90. The summed E-state index contributed by atoms with van der Waals surface area (Å²) in [5.41, 5.74) is 0.293. The van der Waals surface area contributed by atoms with Crippen LogP contribution < -0.4 is 0 Å². The van der Waals surface area contributed by atoms with E-state index in [0.29, 0.717) is 12.0 Å². The lowest BCUT2D eigenvalue weighted by Gasteiger charge is -2.05. The highest BCUT2D eigenvalue weighted by atomic mass is 35.7. The molecule has 0 heterocycles. The van der Waals surface area contributed by atoms with Crippen LogP contribution in [0.1, 0.15) is 18.1 Å². The molecule has 1 rings (SSSR count). The van der Waals surface area contributed by atoms with Gasteiger partial charge in [-0.15, -0.1) is 0 Å². The average Bonchev–Trinajstić information content (AvgIpc) is 2.16. The molecule has 0 spiro atoms. The minimum absolute atomic E-state index is 0.0893. The molecule has 0 bridgehead atoms. The molecular formula is C9H8ClNO3S. The van der Waals surface area contributed by atoms with E-state index in [1.807, 2.05) is 0 Å². The molecule has 4 nitrogen and oxygen atoms in total. The summed E-state index contributed by atoms with van der Waals surface area (Å²) in [6.45, 7) is 1.74. The molecule has 1 N–H and O–H groups in total. The molecule has 0 atom stereocenters. The Balaban J connectivity index is 3.56. The SMILES string of the molecule is CCc1cc(S(=O)(=O)Cl)cc(C#N)c1O. The van der Waals surface area contributed by atoms with Gasteiger partial charge in [0.2, 0.25) is 0 Å². The third-order valence-electron chi connectivity index (χ3n) is 1.95. The highest BCUT2D eigenvalue weighted by Crippen LogP contribution is 2.28. The summed E-state index contributed by atoms with van der Waals surface area (Å²) in [7, 11) is 1.28. The second-order valence-corrected chi connectivity index (χ2v) is 5.45.